The molecule has 294 valence electrons. The summed E-state index contributed by atoms with van der Waals surface area (Å²) in [5, 5.41) is 53.7. The average molecular weight is 712 g/mol. The average Bonchev–Trinajstić information content (AvgIpc) is 3.11. The van der Waals surface area contributed by atoms with Crippen LogP contribution < -0.4 is 5.32 Å². The Morgan fingerprint density at radius 2 is 1.14 bits per heavy atom. The van der Waals surface area contributed by atoms with Crippen molar-refractivity contribution in [3.8, 4) is 0 Å². The van der Waals surface area contributed by atoms with Gasteiger partial charge in [-0.05, 0) is 32.1 Å². The molecule has 1 saturated heterocycles. The minimum Gasteiger partial charge on any atom is -0.394 e. The van der Waals surface area contributed by atoms with E-state index in [2.05, 4.69) is 31.3 Å². The van der Waals surface area contributed by atoms with Gasteiger partial charge in [-0.25, -0.2) is 0 Å². The molecule has 7 unspecified atom stereocenters. The van der Waals surface area contributed by atoms with Gasteiger partial charge in [0.15, 0.2) is 6.29 Å². The van der Waals surface area contributed by atoms with Gasteiger partial charge in [0.05, 0.1) is 25.4 Å². The van der Waals surface area contributed by atoms with E-state index in [1.54, 1.807) is 6.08 Å². The van der Waals surface area contributed by atoms with Crippen molar-refractivity contribution < 1.29 is 39.8 Å². The first-order valence-corrected chi connectivity index (χ1v) is 20.6. The Balaban J connectivity index is 2.32. The van der Waals surface area contributed by atoms with Crippen LogP contribution in [0.4, 0.5) is 0 Å². The van der Waals surface area contributed by atoms with Crippen LogP contribution in [0.5, 0.6) is 0 Å². The van der Waals surface area contributed by atoms with Crippen molar-refractivity contribution in [3.05, 3.63) is 24.3 Å². The van der Waals surface area contributed by atoms with Gasteiger partial charge < -0.3 is 40.3 Å². The number of unbranched alkanes of at least 4 members (excludes halogenated alkanes) is 21. The molecule has 9 heteroatoms. The molecule has 6 N–H and O–H groups in total. The van der Waals surface area contributed by atoms with E-state index in [9.17, 15) is 30.3 Å². The zero-order valence-electron chi connectivity index (χ0n) is 31.9. The second kappa shape index (κ2) is 32.3. The minimum atomic E-state index is -1.57. The predicted octanol–water partition coefficient (Wildman–Crippen LogP) is 7.55. The van der Waals surface area contributed by atoms with E-state index in [0.717, 1.165) is 51.4 Å². The lowest BCUT2D eigenvalue weighted by Crippen LogP contribution is -2.60. The number of ether oxygens (including phenoxy) is 2. The van der Waals surface area contributed by atoms with Crippen molar-refractivity contribution in [2.75, 3.05) is 13.2 Å². The molecule has 1 fully saturated rings. The molecule has 0 radical (unpaired) electrons. The summed E-state index contributed by atoms with van der Waals surface area (Å²) in [6.45, 7) is 3.67. The molecule has 0 aromatic rings. The molecular weight excluding hydrogens is 634 g/mol. The van der Waals surface area contributed by atoms with Gasteiger partial charge in [-0.2, -0.15) is 0 Å². The smallest absolute Gasteiger partial charge is 0.220 e. The number of carbonyl (C=O) groups excluding carboxylic acids is 1. The highest BCUT2D eigenvalue weighted by Crippen LogP contribution is 2.22. The van der Waals surface area contributed by atoms with Crippen molar-refractivity contribution in [2.24, 2.45) is 0 Å². The molecule has 0 bridgehead atoms. The highest BCUT2D eigenvalue weighted by atomic mass is 16.7. The number of hydrogen-bond donors (Lipinski definition) is 6. The molecule has 50 heavy (non-hydrogen) atoms. The lowest BCUT2D eigenvalue weighted by molar-refractivity contribution is -0.302. The lowest BCUT2D eigenvalue weighted by Gasteiger charge is -2.40. The van der Waals surface area contributed by atoms with E-state index < -0.39 is 49.5 Å². The summed E-state index contributed by atoms with van der Waals surface area (Å²) in [6.07, 6.45) is 29.8. The summed E-state index contributed by atoms with van der Waals surface area (Å²) in [6, 6.07) is -0.813. The quantitative estimate of drug-likeness (QED) is 0.0302. The van der Waals surface area contributed by atoms with Gasteiger partial charge >= 0.3 is 0 Å². The molecule has 0 spiro atoms. The standard InChI is InChI=1S/C41H77NO8/c1-3-5-7-9-11-12-13-14-15-16-17-18-19-20-21-22-23-24-25-26-28-30-35(44)34(42-37(45)31-29-27-10-8-6-4-2)33-49-41-40(48)39(47)38(46)36(32-43)50-41/h23-24,28,30,34-36,38-41,43-44,46-48H,3-22,25-27,29,31-33H2,1-2H3,(H,42,45)/b24-23+,30-28+. The Bertz CT molecular complexity index is 837. The van der Waals surface area contributed by atoms with Gasteiger partial charge in [-0.15, -0.1) is 0 Å². The first-order valence-electron chi connectivity index (χ1n) is 20.6. The normalized spacial score (nSPS) is 22.4. The maximum absolute atomic E-state index is 12.7. The number of hydrogen-bond acceptors (Lipinski definition) is 8. The van der Waals surface area contributed by atoms with Crippen molar-refractivity contribution in [2.45, 2.75) is 217 Å². The van der Waals surface area contributed by atoms with Gasteiger partial charge in [-0.1, -0.05) is 160 Å². The Kier molecular flexibility index (Phi) is 30.2. The SMILES string of the molecule is CCCCCCCCCCCCCCCCC/C=C/CC/C=C/C(O)C(COC1OC(CO)C(O)C(O)C1O)NC(=O)CCCCCCCC. The first-order chi connectivity index (χ1) is 24.3. The zero-order chi connectivity index (χ0) is 36.7. The molecule has 9 nitrogen and oxygen atoms in total. The summed E-state index contributed by atoms with van der Waals surface area (Å²) in [5.41, 5.74) is 0. The molecule has 1 heterocycles. The third-order valence-corrected chi connectivity index (χ3v) is 9.78. The maximum Gasteiger partial charge on any atom is 0.220 e. The molecule has 0 aromatic heterocycles. The van der Waals surface area contributed by atoms with Crippen molar-refractivity contribution in [1.82, 2.24) is 5.32 Å². The second-order valence-corrected chi connectivity index (χ2v) is 14.4. The van der Waals surface area contributed by atoms with Gasteiger partial charge in [0.1, 0.15) is 24.4 Å². The molecule has 1 aliphatic rings. The highest BCUT2D eigenvalue weighted by Gasteiger charge is 2.44. The number of allylic oxidation sites excluding steroid dienone is 3. The van der Waals surface area contributed by atoms with Crippen LogP contribution in [0.2, 0.25) is 0 Å². The number of rotatable bonds is 33. The molecule has 1 rings (SSSR count). The maximum atomic E-state index is 12.7. The highest BCUT2D eigenvalue weighted by molar-refractivity contribution is 5.76. The molecule has 7 atom stereocenters. The summed E-state index contributed by atoms with van der Waals surface area (Å²) < 4.78 is 11.1. The van der Waals surface area contributed by atoms with E-state index >= 15 is 0 Å². The van der Waals surface area contributed by atoms with Gasteiger partial charge in [-0.3, -0.25) is 4.79 Å². The second-order valence-electron chi connectivity index (χ2n) is 14.4. The predicted molar refractivity (Wildman–Crippen MR) is 203 cm³/mol. The fourth-order valence-corrected chi connectivity index (χ4v) is 6.41. The van der Waals surface area contributed by atoms with E-state index in [1.165, 1.54) is 103 Å². The summed E-state index contributed by atoms with van der Waals surface area (Å²) in [5.74, 6) is -0.197. The van der Waals surface area contributed by atoms with Crippen molar-refractivity contribution in [1.29, 1.82) is 0 Å². The van der Waals surface area contributed by atoms with Crippen molar-refractivity contribution >= 4 is 5.91 Å². The number of aliphatic hydroxyl groups is 5. The number of carbonyl (C=O) groups is 1. The molecule has 1 aliphatic heterocycles. The lowest BCUT2D eigenvalue weighted by atomic mass is 9.99. The monoisotopic (exact) mass is 712 g/mol. The van der Waals surface area contributed by atoms with Crippen LogP contribution in [0.25, 0.3) is 0 Å². The van der Waals surface area contributed by atoms with Crippen molar-refractivity contribution in [3.63, 3.8) is 0 Å². The van der Waals surface area contributed by atoms with Gasteiger partial charge in [0.25, 0.3) is 0 Å². The first kappa shape index (κ1) is 46.7. The summed E-state index contributed by atoms with van der Waals surface area (Å²) in [4.78, 5) is 12.7. The number of amides is 1. The van der Waals surface area contributed by atoms with E-state index in [0.29, 0.717) is 6.42 Å². The Labute approximate surface area is 305 Å². The van der Waals surface area contributed by atoms with Gasteiger partial charge in [0, 0.05) is 6.42 Å². The van der Waals surface area contributed by atoms with E-state index in [4.69, 9.17) is 9.47 Å². The molecule has 1 amide bonds. The Morgan fingerprint density at radius 3 is 1.68 bits per heavy atom. The number of nitrogens with one attached hydrogen (secondary N) is 1. The van der Waals surface area contributed by atoms with Crippen LogP contribution >= 0.6 is 0 Å². The van der Waals surface area contributed by atoms with Crippen LogP contribution in [-0.2, 0) is 14.3 Å². The van der Waals surface area contributed by atoms with E-state index in [-0.39, 0.29) is 12.5 Å². The third-order valence-electron chi connectivity index (χ3n) is 9.78. The summed E-state index contributed by atoms with van der Waals surface area (Å²) >= 11 is 0. The topological polar surface area (TPSA) is 149 Å². The largest absolute Gasteiger partial charge is 0.394 e. The van der Waals surface area contributed by atoms with Crippen LogP contribution in [0.15, 0.2) is 24.3 Å². The summed E-state index contributed by atoms with van der Waals surface area (Å²) in [7, 11) is 0. The molecular formula is C41H77NO8. The number of aliphatic hydroxyl groups excluding tert-OH is 5. The fraction of sp³-hybridized carbons (Fsp3) is 0.878. The van der Waals surface area contributed by atoms with Crippen LogP contribution in [0, 0.1) is 0 Å². The molecule has 0 aromatic carbocycles. The van der Waals surface area contributed by atoms with Crippen LogP contribution in [-0.4, -0.2) is 87.5 Å². The Morgan fingerprint density at radius 1 is 0.660 bits per heavy atom. The Hall–Kier alpha value is -1.33. The van der Waals surface area contributed by atoms with E-state index in [1.807, 2.05) is 6.08 Å². The molecule has 0 saturated carbocycles. The minimum absolute atomic E-state index is 0.197. The van der Waals surface area contributed by atoms with Crippen LogP contribution in [0.3, 0.4) is 0 Å². The zero-order valence-corrected chi connectivity index (χ0v) is 31.9. The fourth-order valence-electron chi connectivity index (χ4n) is 6.41. The van der Waals surface area contributed by atoms with Gasteiger partial charge in [0.2, 0.25) is 5.91 Å². The third kappa shape index (κ3) is 23.3. The molecule has 0 aliphatic carbocycles. The van der Waals surface area contributed by atoms with Crippen LogP contribution in [0.1, 0.15) is 174 Å².